The predicted octanol–water partition coefficient (Wildman–Crippen LogP) is 0.865. The van der Waals surface area contributed by atoms with Crippen LogP contribution in [0.15, 0.2) is 42.5 Å². The van der Waals surface area contributed by atoms with Crippen LogP contribution in [-0.2, 0) is 16.1 Å². The van der Waals surface area contributed by atoms with Gasteiger partial charge in [0.15, 0.2) is 18.1 Å². The van der Waals surface area contributed by atoms with E-state index < -0.39 is 17.6 Å². The summed E-state index contributed by atoms with van der Waals surface area (Å²) in [6.45, 7) is 0.457. The molecule has 2 aromatic rings. The fourth-order valence-corrected chi connectivity index (χ4v) is 4.56. The van der Waals surface area contributed by atoms with Crippen LogP contribution in [0.3, 0.4) is 0 Å². The summed E-state index contributed by atoms with van der Waals surface area (Å²) < 4.78 is 17.2. The van der Waals surface area contributed by atoms with Crippen LogP contribution < -0.4 is 24.8 Å². The molecule has 2 atom stereocenters. The molecule has 1 saturated carbocycles. The molecule has 0 aromatic heterocycles. The van der Waals surface area contributed by atoms with Crippen molar-refractivity contribution >= 4 is 17.7 Å². The van der Waals surface area contributed by atoms with Gasteiger partial charge in [-0.3, -0.25) is 14.4 Å². The number of benzene rings is 2. The Labute approximate surface area is 208 Å². The van der Waals surface area contributed by atoms with Gasteiger partial charge in [-0.1, -0.05) is 12.1 Å². The molecule has 6 rings (SSSR count). The Morgan fingerprint density at radius 1 is 1.17 bits per heavy atom. The molecular weight excluding hydrogens is 466 g/mol. The minimum atomic E-state index is -0.703. The third kappa shape index (κ3) is 4.81. The Morgan fingerprint density at radius 3 is 2.64 bits per heavy atom. The molecule has 2 aromatic carbocycles. The smallest absolute Gasteiger partial charge is 0.258 e. The van der Waals surface area contributed by atoms with Gasteiger partial charge in [0.1, 0.15) is 11.9 Å². The number of rotatable bonds is 3. The molecule has 190 valence electrons. The highest BCUT2D eigenvalue weighted by molar-refractivity contribution is 5.95. The van der Waals surface area contributed by atoms with Crippen molar-refractivity contribution in [2.45, 2.75) is 31.5 Å². The summed E-state index contributed by atoms with van der Waals surface area (Å²) in [4.78, 5) is 40.3. The first kappa shape index (κ1) is 23.9. The van der Waals surface area contributed by atoms with Gasteiger partial charge in [0.25, 0.3) is 11.8 Å². The van der Waals surface area contributed by atoms with Gasteiger partial charge in [-0.25, -0.2) is 0 Å². The molecule has 0 spiro atoms. The molecule has 1 aliphatic carbocycles. The molecule has 36 heavy (non-hydrogen) atoms. The highest BCUT2D eigenvalue weighted by atomic mass is 16.5. The van der Waals surface area contributed by atoms with Gasteiger partial charge in [-0.15, -0.1) is 0 Å². The minimum Gasteiger partial charge on any atom is -0.493 e. The molecule has 4 bridgehead atoms. The van der Waals surface area contributed by atoms with Crippen molar-refractivity contribution in [2.24, 2.45) is 5.41 Å². The summed E-state index contributed by atoms with van der Waals surface area (Å²) >= 11 is 0. The van der Waals surface area contributed by atoms with E-state index in [4.69, 9.17) is 14.2 Å². The summed E-state index contributed by atoms with van der Waals surface area (Å²) in [5.74, 6) is 0.457. The molecule has 10 heteroatoms. The van der Waals surface area contributed by atoms with Gasteiger partial charge in [-0.2, -0.15) is 0 Å². The zero-order valence-corrected chi connectivity index (χ0v) is 20.0. The topological polar surface area (TPSA) is 126 Å². The number of likely N-dealkylation sites (tertiary alicyclic amines) is 1. The lowest BCUT2D eigenvalue weighted by Gasteiger charge is -2.21. The van der Waals surface area contributed by atoms with Gasteiger partial charge in [0, 0.05) is 18.7 Å². The molecule has 2 fully saturated rings. The molecule has 0 radical (unpaired) electrons. The van der Waals surface area contributed by atoms with E-state index in [1.807, 2.05) is 12.1 Å². The number of nitrogens with one attached hydrogen (secondary N) is 2. The maximum Gasteiger partial charge on any atom is 0.258 e. The fourth-order valence-electron chi connectivity index (χ4n) is 4.56. The first-order valence-electron chi connectivity index (χ1n) is 11.9. The number of aliphatic hydroxyl groups is 1. The zero-order chi connectivity index (χ0) is 25.3. The van der Waals surface area contributed by atoms with Crippen molar-refractivity contribution in [3.05, 3.63) is 53.6 Å². The number of aliphatic hydroxyl groups excluding tert-OH is 1. The largest absolute Gasteiger partial charge is 0.493 e. The van der Waals surface area contributed by atoms with Gasteiger partial charge < -0.3 is 34.9 Å². The number of hydrogen-bond acceptors (Lipinski definition) is 7. The Bertz CT molecular complexity index is 1160. The SMILES string of the molecule is COc1ccc2cc1OCC(=O)NCc1ccc(cc1)O[C@H]1CN(C(=O)C3(CO)CC3)C[C@@H]1NC2=O. The number of nitrogens with zero attached hydrogens (tertiary/aromatic N) is 1. The fraction of sp³-hybridized carbons (Fsp3) is 0.423. The van der Waals surface area contributed by atoms with Crippen LogP contribution in [-0.4, -0.2) is 73.3 Å². The van der Waals surface area contributed by atoms with Crippen LogP contribution in [0.5, 0.6) is 17.2 Å². The summed E-state index contributed by atoms with van der Waals surface area (Å²) in [6.07, 6.45) is 0.838. The number of amides is 3. The van der Waals surface area contributed by atoms with Crippen LogP contribution in [0.2, 0.25) is 0 Å². The number of carbonyl (C=O) groups is 3. The van der Waals surface area contributed by atoms with E-state index >= 15 is 0 Å². The maximum absolute atomic E-state index is 13.2. The number of hydrogen-bond donors (Lipinski definition) is 3. The summed E-state index contributed by atoms with van der Waals surface area (Å²) in [6, 6.07) is 11.5. The van der Waals surface area contributed by atoms with Gasteiger partial charge in [-0.05, 0) is 48.7 Å². The van der Waals surface area contributed by atoms with Crippen LogP contribution >= 0.6 is 0 Å². The summed E-state index contributed by atoms with van der Waals surface area (Å²) in [5, 5.41) is 15.5. The highest BCUT2D eigenvalue weighted by Crippen LogP contribution is 2.47. The van der Waals surface area contributed by atoms with Gasteiger partial charge in [0.05, 0.1) is 31.7 Å². The lowest BCUT2D eigenvalue weighted by Crippen LogP contribution is -2.45. The maximum atomic E-state index is 13.2. The Balaban J connectivity index is 1.44. The Morgan fingerprint density at radius 2 is 1.94 bits per heavy atom. The quantitative estimate of drug-likeness (QED) is 0.577. The Hall–Kier alpha value is -3.79. The second-order valence-electron chi connectivity index (χ2n) is 9.46. The van der Waals surface area contributed by atoms with Gasteiger partial charge in [0.2, 0.25) is 5.91 Å². The molecule has 3 aliphatic heterocycles. The third-order valence-corrected chi connectivity index (χ3v) is 6.96. The number of methoxy groups -OCH3 is 1. The van der Waals surface area contributed by atoms with Crippen LogP contribution in [0.4, 0.5) is 0 Å². The first-order chi connectivity index (χ1) is 17.4. The molecule has 10 nitrogen and oxygen atoms in total. The van der Waals surface area contributed by atoms with Crippen LogP contribution in [0, 0.1) is 5.41 Å². The number of carbonyl (C=O) groups excluding carboxylic acids is 3. The molecular formula is C26H29N3O7. The van der Waals surface area contributed by atoms with Crippen molar-refractivity contribution in [3.8, 4) is 17.2 Å². The average Bonchev–Trinajstić information content (AvgIpc) is 3.61. The molecule has 3 N–H and O–H groups in total. The lowest BCUT2D eigenvalue weighted by molar-refractivity contribution is -0.137. The standard InChI is InChI=1S/C26H29N3O7/c1-34-20-7-4-17-10-21(20)35-14-23(31)27-11-16-2-5-18(6-3-16)36-22-13-29(12-19(22)28-24(17)32)25(33)26(15-30)8-9-26/h2-7,10,19,22,30H,8-9,11-15H2,1H3,(H,27,31)(H,28,32)/t19-,22-/m0/s1. The van der Waals surface area contributed by atoms with Crippen LogP contribution in [0.1, 0.15) is 28.8 Å². The predicted molar refractivity (Wildman–Crippen MR) is 128 cm³/mol. The van der Waals surface area contributed by atoms with Crippen LogP contribution in [0.25, 0.3) is 0 Å². The highest BCUT2D eigenvalue weighted by Gasteiger charge is 2.53. The van der Waals surface area contributed by atoms with Crippen molar-refractivity contribution in [1.82, 2.24) is 15.5 Å². The first-order valence-corrected chi connectivity index (χ1v) is 11.9. The van der Waals surface area contributed by atoms with E-state index in [9.17, 15) is 19.5 Å². The monoisotopic (exact) mass is 495 g/mol. The molecule has 3 amide bonds. The van der Waals surface area contributed by atoms with E-state index in [2.05, 4.69) is 10.6 Å². The second kappa shape index (κ2) is 9.69. The lowest BCUT2D eigenvalue weighted by atomic mass is 10.1. The van der Waals surface area contributed by atoms with E-state index in [1.165, 1.54) is 13.2 Å². The number of fused-ring (bicyclic) bond motifs is 7. The third-order valence-electron chi connectivity index (χ3n) is 6.96. The zero-order valence-electron chi connectivity index (χ0n) is 20.0. The van der Waals surface area contributed by atoms with Crippen molar-refractivity contribution in [3.63, 3.8) is 0 Å². The molecule has 3 heterocycles. The van der Waals surface area contributed by atoms with E-state index in [1.54, 1.807) is 29.2 Å². The molecule has 4 aliphatic rings. The van der Waals surface area contributed by atoms with Gasteiger partial charge >= 0.3 is 0 Å². The van der Waals surface area contributed by atoms with Crippen molar-refractivity contribution in [1.29, 1.82) is 0 Å². The molecule has 1 saturated heterocycles. The second-order valence-corrected chi connectivity index (χ2v) is 9.46. The molecule has 0 unspecified atom stereocenters. The van der Waals surface area contributed by atoms with E-state index in [-0.39, 0.29) is 43.2 Å². The summed E-state index contributed by atoms with van der Waals surface area (Å²) in [7, 11) is 1.48. The van der Waals surface area contributed by atoms with Crippen molar-refractivity contribution in [2.75, 3.05) is 33.4 Å². The van der Waals surface area contributed by atoms with Crippen molar-refractivity contribution < 1.29 is 33.7 Å². The average molecular weight is 496 g/mol. The number of ether oxygens (including phenoxy) is 3. The van der Waals surface area contributed by atoms with E-state index in [0.29, 0.717) is 43.0 Å². The summed E-state index contributed by atoms with van der Waals surface area (Å²) in [5.41, 5.74) is 0.495. The Kier molecular flexibility index (Phi) is 6.44. The van der Waals surface area contributed by atoms with E-state index in [0.717, 1.165) is 5.56 Å². The minimum absolute atomic E-state index is 0.108. The normalized spacial score (nSPS) is 22.9.